The average Bonchev–Trinajstić information content (AvgIpc) is 3.33. The number of benzene rings is 1. The first-order valence-electron chi connectivity index (χ1n) is 8.73. The molecule has 25 heavy (non-hydrogen) atoms. The molecule has 0 radical (unpaired) electrons. The van der Waals surface area contributed by atoms with E-state index in [1.165, 1.54) is 0 Å². The van der Waals surface area contributed by atoms with Gasteiger partial charge in [-0.05, 0) is 43.9 Å². The molecule has 132 valence electrons. The van der Waals surface area contributed by atoms with Crippen LogP contribution in [-0.2, 0) is 11.8 Å². The van der Waals surface area contributed by atoms with Crippen LogP contribution in [0.2, 0.25) is 0 Å². The fourth-order valence-corrected chi connectivity index (χ4v) is 3.58. The normalized spacial score (nSPS) is 22.4. The molecule has 1 amide bonds. The van der Waals surface area contributed by atoms with Gasteiger partial charge in [0.2, 0.25) is 5.91 Å². The van der Waals surface area contributed by atoms with Gasteiger partial charge in [-0.1, -0.05) is 6.07 Å². The Hall–Kier alpha value is -2.50. The Morgan fingerprint density at radius 1 is 1.32 bits per heavy atom. The Morgan fingerprint density at radius 2 is 2.08 bits per heavy atom. The van der Waals surface area contributed by atoms with Gasteiger partial charge in [-0.25, -0.2) is 0 Å². The van der Waals surface area contributed by atoms with Gasteiger partial charge in [0, 0.05) is 24.7 Å². The highest BCUT2D eigenvalue weighted by atomic mass is 16.6. The van der Waals surface area contributed by atoms with E-state index in [1.807, 2.05) is 45.3 Å². The van der Waals surface area contributed by atoms with Gasteiger partial charge in [0.25, 0.3) is 0 Å². The van der Waals surface area contributed by atoms with Crippen molar-refractivity contribution in [2.24, 2.45) is 13.0 Å². The van der Waals surface area contributed by atoms with Crippen LogP contribution in [0.5, 0.6) is 11.5 Å². The number of hydrogen-bond donors (Lipinski definition) is 1. The molecule has 1 saturated carbocycles. The molecule has 4 rings (SSSR count). The molecule has 1 N–H and O–H groups in total. The quantitative estimate of drug-likeness (QED) is 0.928. The van der Waals surface area contributed by atoms with Crippen LogP contribution in [0.4, 0.5) is 0 Å². The van der Waals surface area contributed by atoms with Crippen molar-refractivity contribution in [3.05, 3.63) is 41.2 Å². The van der Waals surface area contributed by atoms with Crippen LogP contribution in [-0.4, -0.2) is 28.9 Å². The van der Waals surface area contributed by atoms with Crippen LogP contribution >= 0.6 is 0 Å². The number of fused-ring (bicyclic) bond motifs is 1. The maximum Gasteiger partial charge on any atom is 0.224 e. The molecule has 2 aromatic rings. The number of hydrogen-bond acceptors (Lipinski definition) is 4. The van der Waals surface area contributed by atoms with E-state index in [0.717, 1.165) is 34.7 Å². The zero-order valence-corrected chi connectivity index (χ0v) is 14.8. The zero-order valence-electron chi connectivity index (χ0n) is 14.8. The lowest BCUT2D eigenvalue weighted by Crippen LogP contribution is -2.28. The smallest absolute Gasteiger partial charge is 0.224 e. The summed E-state index contributed by atoms with van der Waals surface area (Å²) in [4.78, 5) is 12.6. The van der Waals surface area contributed by atoms with Gasteiger partial charge in [0.05, 0.1) is 11.7 Å². The topological polar surface area (TPSA) is 65.4 Å². The maximum atomic E-state index is 12.6. The maximum absolute atomic E-state index is 12.6. The lowest BCUT2D eigenvalue weighted by Gasteiger charge is -2.19. The van der Waals surface area contributed by atoms with E-state index >= 15 is 0 Å². The first kappa shape index (κ1) is 16.0. The molecule has 0 spiro atoms. The summed E-state index contributed by atoms with van der Waals surface area (Å²) < 4.78 is 13.0. The average molecular weight is 341 g/mol. The minimum absolute atomic E-state index is 0.0296. The molecule has 2 aliphatic rings. The molecule has 1 aliphatic heterocycles. The molecule has 1 fully saturated rings. The molecule has 0 bridgehead atoms. The number of aromatic nitrogens is 2. The Bertz CT molecular complexity index is 814. The molecule has 0 unspecified atom stereocenters. The minimum atomic E-state index is -0.0392. The van der Waals surface area contributed by atoms with E-state index in [4.69, 9.17) is 9.47 Å². The number of carbonyl (C=O) groups excluding carboxylic acids is 1. The molecule has 3 atom stereocenters. The van der Waals surface area contributed by atoms with Gasteiger partial charge in [-0.3, -0.25) is 9.48 Å². The van der Waals surface area contributed by atoms with Crippen LogP contribution in [0.3, 0.4) is 0 Å². The van der Waals surface area contributed by atoms with Crippen LogP contribution in [0.1, 0.15) is 42.1 Å². The number of nitrogens with zero attached hydrogens (tertiary/aromatic N) is 2. The minimum Gasteiger partial charge on any atom is -0.486 e. The highest BCUT2D eigenvalue weighted by Gasteiger charge is 2.44. The van der Waals surface area contributed by atoms with E-state index in [2.05, 4.69) is 10.4 Å². The Kier molecular flexibility index (Phi) is 3.90. The third-order valence-electron chi connectivity index (χ3n) is 5.00. The lowest BCUT2D eigenvalue weighted by atomic mass is 10.1. The number of aryl methyl sites for hydroxylation is 2. The first-order chi connectivity index (χ1) is 12.0. The summed E-state index contributed by atoms with van der Waals surface area (Å²) >= 11 is 0. The van der Waals surface area contributed by atoms with Gasteiger partial charge < -0.3 is 14.8 Å². The Morgan fingerprint density at radius 3 is 2.80 bits per heavy atom. The van der Waals surface area contributed by atoms with Gasteiger partial charge in [-0.15, -0.1) is 0 Å². The van der Waals surface area contributed by atoms with E-state index < -0.39 is 0 Å². The molecular weight excluding hydrogens is 318 g/mol. The Labute approximate surface area is 147 Å². The standard InChI is InChI=1S/C19H23N3O3/c1-11(16-10-22(3)21-12(16)2)20-19(23)15-9-14(15)13-4-5-17-18(8-13)25-7-6-24-17/h4-5,8,10-11,14-15H,6-7,9H2,1-3H3,(H,20,23)/t11-,14-,15-/m0/s1. The number of nitrogens with one attached hydrogen (secondary N) is 1. The van der Waals surface area contributed by atoms with E-state index in [0.29, 0.717) is 13.2 Å². The third-order valence-corrected chi connectivity index (χ3v) is 5.00. The fraction of sp³-hybridized carbons (Fsp3) is 0.474. The van der Waals surface area contributed by atoms with Crippen LogP contribution in [0.25, 0.3) is 0 Å². The summed E-state index contributed by atoms with van der Waals surface area (Å²) in [5, 5.41) is 7.47. The SMILES string of the molecule is Cc1nn(C)cc1[C@H](C)NC(=O)[C@H]1C[C@H]1c1ccc2c(c1)OCCO2. The van der Waals surface area contributed by atoms with Crippen molar-refractivity contribution in [3.8, 4) is 11.5 Å². The summed E-state index contributed by atoms with van der Waals surface area (Å²) in [6, 6.07) is 5.96. The second-order valence-electron chi connectivity index (χ2n) is 6.93. The second kappa shape index (κ2) is 6.10. The summed E-state index contributed by atoms with van der Waals surface area (Å²) in [6.45, 7) is 5.13. The van der Waals surface area contributed by atoms with E-state index in [1.54, 1.807) is 4.68 Å². The highest BCUT2D eigenvalue weighted by Crippen LogP contribution is 2.49. The molecule has 1 aromatic carbocycles. The molecule has 0 saturated heterocycles. The summed E-state index contributed by atoms with van der Waals surface area (Å²) in [6.07, 6.45) is 2.84. The fourth-order valence-electron chi connectivity index (χ4n) is 3.58. The van der Waals surface area contributed by atoms with Crippen LogP contribution < -0.4 is 14.8 Å². The van der Waals surface area contributed by atoms with Crippen LogP contribution in [0.15, 0.2) is 24.4 Å². The van der Waals surface area contributed by atoms with Gasteiger partial charge >= 0.3 is 0 Å². The van der Waals surface area contributed by atoms with Gasteiger partial charge in [0.15, 0.2) is 11.5 Å². The van der Waals surface area contributed by atoms with Crippen molar-refractivity contribution in [2.75, 3.05) is 13.2 Å². The predicted molar refractivity (Wildman–Crippen MR) is 92.8 cm³/mol. The predicted octanol–water partition coefficient (Wildman–Crippen LogP) is 2.48. The molecule has 6 nitrogen and oxygen atoms in total. The van der Waals surface area contributed by atoms with E-state index in [9.17, 15) is 4.79 Å². The van der Waals surface area contributed by atoms with Crippen molar-refractivity contribution in [1.29, 1.82) is 0 Å². The molecular formula is C19H23N3O3. The highest BCUT2D eigenvalue weighted by molar-refractivity contribution is 5.83. The number of ether oxygens (including phenoxy) is 2. The van der Waals surface area contributed by atoms with Crippen molar-refractivity contribution in [2.45, 2.75) is 32.2 Å². The number of carbonyl (C=O) groups is 1. The van der Waals surface area contributed by atoms with Crippen molar-refractivity contribution in [1.82, 2.24) is 15.1 Å². The van der Waals surface area contributed by atoms with E-state index in [-0.39, 0.29) is 23.8 Å². The summed E-state index contributed by atoms with van der Waals surface area (Å²) in [7, 11) is 1.89. The number of rotatable bonds is 4. The van der Waals surface area contributed by atoms with Gasteiger partial charge in [0.1, 0.15) is 13.2 Å². The van der Waals surface area contributed by atoms with Crippen molar-refractivity contribution in [3.63, 3.8) is 0 Å². The monoisotopic (exact) mass is 341 g/mol. The Balaban J connectivity index is 1.41. The summed E-state index contributed by atoms with van der Waals surface area (Å²) in [5.41, 5.74) is 3.16. The van der Waals surface area contributed by atoms with Crippen molar-refractivity contribution >= 4 is 5.91 Å². The van der Waals surface area contributed by atoms with Crippen molar-refractivity contribution < 1.29 is 14.3 Å². The molecule has 1 aromatic heterocycles. The molecule has 6 heteroatoms. The third kappa shape index (κ3) is 3.08. The lowest BCUT2D eigenvalue weighted by molar-refractivity contribution is -0.123. The van der Waals surface area contributed by atoms with Gasteiger partial charge in [-0.2, -0.15) is 5.10 Å². The zero-order chi connectivity index (χ0) is 17.6. The van der Waals surface area contributed by atoms with Crippen LogP contribution in [0, 0.1) is 12.8 Å². The molecule has 1 aliphatic carbocycles. The molecule has 2 heterocycles. The number of amides is 1. The first-order valence-corrected chi connectivity index (χ1v) is 8.73. The summed E-state index contributed by atoms with van der Waals surface area (Å²) in [5.74, 6) is 1.97. The largest absolute Gasteiger partial charge is 0.486 e. The second-order valence-corrected chi connectivity index (χ2v) is 6.93.